The van der Waals surface area contributed by atoms with Crippen molar-refractivity contribution >= 4 is 17.3 Å². The second-order valence-electron chi connectivity index (χ2n) is 2.92. The van der Waals surface area contributed by atoms with E-state index >= 15 is 0 Å². The number of thiophene rings is 1. The van der Waals surface area contributed by atoms with Gasteiger partial charge >= 0.3 is 0 Å². The summed E-state index contributed by atoms with van der Waals surface area (Å²) < 4.78 is 2.01. The number of anilines is 1. The largest absolute Gasteiger partial charge is 0.369 e. The molecule has 0 unspecified atom stereocenters. The molecule has 0 aliphatic rings. The summed E-state index contributed by atoms with van der Waals surface area (Å²) in [5, 5.41) is 2.07. The zero-order valence-electron chi connectivity index (χ0n) is 7.40. The Labute approximate surface area is 80.8 Å². The van der Waals surface area contributed by atoms with Crippen molar-refractivity contribution in [2.24, 2.45) is 0 Å². The lowest BCUT2D eigenvalue weighted by Crippen LogP contribution is -2.04. The fraction of sp³-hybridized carbons (Fsp3) is 0.222. The fourth-order valence-electron chi connectivity index (χ4n) is 1.24. The molecule has 2 aromatic heterocycles. The van der Waals surface area contributed by atoms with Crippen LogP contribution in [-0.2, 0) is 6.54 Å². The Hall–Kier alpha value is -1.29. The van der Waals surface area contributed by atoms with Gasteiger partial charge in [-0.3, -0.25) is 0 Å². The highest BCUT2D eigenvalue weighted by molar-refractivity contribution is 7.09. The third-order valence-corrected chi connectivity index (χ3v) is 2.84. The summed E-state index contributed by atoms with van der Waals surface area (Å²) in [6.45, 7) is 2.84. The Morgan fingerprint density at radius 2 is 2.46 bits per heavy atom. The van der Waals surface area contributed by atoms with Crippen LogP contribution in [0.5, 0.6) is 0 Å². The van der Waals surface area contributed by atoms with Crippen molar-refractivity contribution < 1.29 is 0 Å². The van der Waals surface area contributed by atoms with E-state index < -0.39 is 0 Å². The van der Waals surface area contributed by atoms with Crippen LogP contribution >= 0.6 is 11.3 Å². The van der Waals surface area contributed by atoms with Gasteiger partial charge in [0.15, 0.2) is 0 Å². The number of nitrogens with two attached hydrogens (primary N) is 1. The molecule has 0 saturated carbocycles. The van der Waals surface area contributed by atoms with Gasteiger partial charge in [-0.2, -0.15) is 0 Å². The van der Waals surface area contributed by atoms with Crippen LogP contribution in [0.25, 0.3) is 0 Å². The standard InChI is InChI=1S/C9H11N3S/c1-7-5-11-9(10)12(7)6-8-3-2-4-13-8/h2-5H,6H2,1H3,(H2,10,11). The number of hydrogen-bond donors (Lipinski definition) is 1. The molecule has 68 valence electrons. The highest BCUT2D eigenvalue weighted by Gasteiger charge is 2.03. The molecular formula is C9H11N3S. The van der Waals surface area contributed by atoms with Crippen molar-refractivity contribution in [2.75, 3.05) is 5.73 Å². The molecule has 0 amide bonds. The summed E-state index contributed by atoms with van der Waals surface area (Å²) in [7, 11) is 0. The molecular weight excluding hydrogens is 182 g/mol. The predicted octanol–water partition coefficient (Wildman–Crippen LogP) is 1.88. The second kappa shape index (κ2) is 3.22. The lowest BCUT2D eigenvalue weighted by molar-refractivity contribution is 0.794. The lowest BCUT2D eigenvalue weighted by atomic mass is 10.4. The quantitative estimate of drug-likeness (QED) is 0.791. The number of nitrogens with zero attached hydrogens (tertiary/aromatic N) is 2. The van der Waals surface area contributed by atoms with E-state index in [1.54, 1.807) is 17.5 Å². The highest BCUT2D eigenvalue weighted by atomic mass is 32.1. The first kappa shape index (κ1) is 8.31. The summed E-state index contributed by atoms with van der Waals surface area (Å²) in [5.74, 6) is 0.589. The summed E-state index contributed by atoms with van der Waals surface area (Å²) in [6.07, 6.45) is 1.79. The Morgan fingerprint density at radius 3 is 3.00 bits per heavy atom. The van der Waals surface area contributed by atoms with Gasteiger partial charge in [-0.1, -0.05) is 6.07 Å². The number of imidazole rings is 1. The van der Waals surface area contributed by atoms with Crippen LogP contribution in [0.4, 0.5) is 5.95 Å². The van der Waals surface area contributed by atoms with Crippen LogP contribution < -0.4 is 5.73 Å². The van der Waals surface area contributed by atoms with Crippen LogP contribution in [0.3, 0.4) is 0 Å². The van der Waals surface area contributed by atoms with E-state index in [1.807, 2.05) is 17.6 Å². The van der Waals surface area contributed by atoms with Gasteiger partial charge in [0.1, 0.15) is 0 Å². The SMILES string of the molecule is Cc1cnc(N)n1Cc1cccs1. The van der Waals surface area contributed by atoms with E-state index in [1.165, 1.54) is 4.88 Å². The number of aryl methyl sites for hydroxylation is 1. The predicted molar refractivity (Wildman–Crippen MR) is 54.8 cm³/mol. The maximum Gasteiger partial charge on any atom is 0.200 e. The molecule has 0 aliphatic carbocycles. The van der Waals surface area contributed by atoms with Gasteiger partial charge in [-0.15, -0.1) is 11.3 Å². The smallest absolute Gasteiger partial charge is 0.200 e. The van der Waals surface area contributed by atoms with Crippen LogP contribution in [0.2, 0.25) is 0 Å². The lowest BCUT2D eigenvalue weighted by Gasteiger charge is -2.04. The fourth-order valence-corrected chi connectivity index (χ4v) is 1.94. The molecule has 0 spiro atoms. The third-order valence-electron chi connectivity index (χ3n) is 1.98. The Morgan fingerprint density at radius 1 is 1.62 bits per heavy atom. The van der Waals surface area contributed by atoms with E-state index in [0.717, 1.165) is 12.2 Å². The monoisotopic (exact) mass is 193 g/mol. The average Bonchev–Trinajstić information content (AvgIpc) is 2.70. The molecule has 2 aromatic rings. The molecule has 0 aliphatic heterocycles. The van der Waals surface area contributed by atoms with Crippen molar-refractivity contribution in [1.29, 1.82) is 0 Å². The molecule has 2 heterocycles. The molecule has 3 nitrogen and oxygen atoms in total. The maximum absolute atomic E-state index is 5.71. The summed E-state index contributed by atoms with van der Waals surface area (Å²) >= 11 is 1.73. The van der Waals surface area contributed by atoms with Crippen molar-refractivity contribution in [3.63, 3.8) is 0 Å². The van der Waals surface area contributed by atoms with E-state index in [-0.39, 0.29) is 0 Å². The van der Waals surface area contributed by atoms with Gasteiger partial charge in [0.2, 0.25) is 5.95 Å². The van der Waals surface area contributed by atoms with Gasteiger partial charge in [-0.05, 0) is 18.4 Å². The van der Waals surface area contributed by atoms with Crippen molar-refractivity contribution in [3.05, 3.63) is 34.3 Å². The van der Waals surface area contributed by atoms with Crippen molar-refractivity contribution in [3.8, 4) is 0 Å². The Kier molecular flexibility index (Phi) is 2.06. The van der Waals surface area contributed by atoms with Gasteiger partial charge in [0.25, 0.3) is 0 Å². The first-order valence-corrected chi connectivity index (χ1v) is 4.95. The van der Waals surface area contributed by atoms with Crippen molar-refractivity contribution in [1.82, 2.24) is 9.55 Å². The average molecular weight is 193 g/mol. The normalized spacial score (nSPS) is 10.5. The summed E-state index contributed by atoms with van der Waals surface area (Å²) in [6, 6.07) is 4.14. The molecule has 0 aromatic carbocycles. The van der Waals surface area contributed by atoms with Gasteiger partial charge in [0, 0.05) is 10.6 Å². The van der Waals surface area contributed by atoms with Gasteiger partial charge in [-0.25, -0.2) is 4.98 Å². The zero-order chi connectivity index (χ0) is 9.26. The van der Waals surface area contributed by atoms with E-state index in [9.17, 15) is 0 Å². The highest BCUT2D eigenvalue weighted by Crippen LogP contribution is 2.14. The molecule has 0 atom stereocenters. The summed E-state index contributed by atoms with van der Waals surface area (Å²) in [4.78, 5) is 5.34. The van der Waals surface area contributed by atoms with Crippen LogP contribution in [-0.4, -0.2) is 9.55 Å². The van der Waals surface area contributed by atoms with Crippen LogP contribution in [0.1, 0.15) is 10.6 Å². The van der Waals surface area contributed by atoms with Crippen LogP contribution in [0.15, 0.2) is 23.7 Å². The minimum absolute atomic E-state index is 0.589. The first-order chi connectivity index (χ1) is 6.27. The van der Waals surface area contributed by atoms with Crippen molar-refractivity contribution in [2.45, 2.75) is 13.5 Å². The topological polar surface area (TPSA) is 43.8 Å². The number of hydrogen-bond acceptors (Lipinski definition) is 3. The molecule has 4 heteroatoms. The van der Waals surface area contributed by atoms with E-state index in [2.05, 4.69) is 16.4 Å². The first-order valence-electron chi connectivity index (χ1n) is 4.07. The Balaban J connectivity index is 2.27. The minimum atomic E-state index is 0.589. The van der Waals surface area contributed by atoms with E-state index in [4.69, 9.17) is 5.73 Å². The number of aromatic nitrogens is 2. The third kappa shape index (κ3) is 1.58. The molecule has 2 N–H and O–H groups in total. The molecule has 0 saturated heterocycles. The summed E-state index contributed by atoms with van der Waals surface area (Å²) in [5.41, 5.74) is 6.82. The number of nitrogen functional groups attached to an aromatic ring is 1. The van der Waals surface area contributed by atoms with Gasteiger partial charge in [0.05, 0.1) is 12.7 Å². The van der Waals surface area contributed by atoms with E-state index in [0.29, 0.717) is 5.95 Å². The molecule has 13 heavy (non-hydrogen) atoms. The molecule has 2 rings (SSSR count). The van der Waals surface area contributed by atoms with Gasteiger partial charge < -0.3 is 10.3 Å². The zero-order valence-corrected chi connectivity index (χ0v) is 8.21. The number of rotatable bonds is 2. The maximum atomic E-state index is 5.71. The Bertz CT molecular complexity index is 369. The molecule has 0 bridgehead atoms. The minimum Gasteiger partial charge on any atom is -0.369 e. The second-order valence-corrected chi connectivity index (χ2v) is 3.96. The van der Waals surface area contributed by atoms with Crippen LogP contribution in [0, 0.1) is 6.92 Å². The molecule has 0 radical (unpaired) electrons. The molecule has 0 fully saturated rings.